The Bertz CT molecular complexity index is 1180. The van der Waals surface area contributed by atoms with Gasteiger partial charge in [-0.25, -0.2) is 4.98 Å². The van der Waals surface area contributed by atoms with Gasteiger partial charge in [0.2, 0.25) is 0 Å². The van der Waals surface area contributed by atoms with E-state index in [-0.39, 0.29) is 11.3 Å². The Balaban J connectivity index is 1.97. The number of methoxy groups -OCH3 is 2. The monoisotopic (exact) mass is 456 g/mol. The zero-order valence-corrected chi connectivity index (χ0v) is 18.1. The summed E-state index contributed by atoms with van der Waals surface area (Å²) in [5, 5.41) is 13.6. The summed E-state index contributed by atoms with van der Waals surface area (Å²) < 4.78 is 10.8. The van der Waals surface area contributed by atoms with Gasteiger partial charge in [0.15, 0.2) is 5.13 Å². The highest BCUT2D eigenvalue weighted by Crippen LogP contribution is 2.46. The molecule has 0 unspecified atom stereocenters. The Hall–Kier alpha value is -3.36. The van der Waals surface area contributed by atoms with Gasteiger partial charge in [0.25, 0.3) is 5.78 Å². The summed E-state index contributed by atoms with van der Waals surface area (Å²) in [7, 11) is 3.00. The van der Waals surface area contributed by atoms with Crippen molar-refractivity contribution in [3.05, 3.63) is 75.8 Å². The number of hydrogen-bond donors (Lipinski definition) is 1. The van der Waals surface area contributed by atoms with Gasteiger partial charge in [-0.15, -0.1) is 11.3 Å². The first kappa shape index (κ1) is 20.9. The quantitative estimate of drug-likeness (QED) is 0.347. The minimum absolute atomic E-state index is 0.0639. The summed E-state index contributed by atoms with van der Waals surface area (Å²) in [6.45, 7) is 0. The molecule has 1 N–H and O–H groups in total. The first-order valence-corrected chi connectivity index (χ1v) is 10.4. The zero-order valence-electron chi connectivity index (χ0n) is 16.5. The molecule has 0 radical (unpaired) electrons. The van der Waals surface area contributed by atoms with Gasteiger partial charge in [-0.1, -0.05) is 11.6 Å². The van der Waals surface area contributed by atoms with E-state index in [1.807, 2.05) is 0 Å². The maximum absolute atomic E-state index is 13.1. The van der Waals surface area contributed by atoms with Crippen LogP contribution in [-0.2, 0) is 9.59 Å². The molecule has 2 heterocycles. The second-order valence-corrected chi connectivity index (χ2v) is 7.91. The van der Waals surface area contributed by atoms with Crippen molar-refractivity contribution in [2.75, 3.05) is 19.1 Å². The summed E-state index contributed by atoms with van der Waals surface area (Å²) in [6, 6.07) is 10.5. The third-order valence-electron chi connectivity index (χ3n) is 4.92. The minimum Gasteiger partial charge on any atom is -0.507 e. The van der Waals surface area contributed by atoms with Gasteiger partial charge in [0, 0.05) is 33.8 Å². The number of Topliss-reactive ketones (excluding diaryl/α,β-unsaturated/α-hetero) is 1. The lowest BCUT2D eigenvalue weighted by molar-refractivity contribution is -0.132. The van der Waals surface area contributed by atoms with E-state index in [1.54, 1.807) is 54.0 Å². The molecule has 0 saturated carbocycles. The number of aliphatic hydroxyl groups is 1. The Labute approximate surface area is 187 Å². The van der Waals surface area contributed by atoms with Crippen LogP contribution in [-0.4, -0.2) is 36.0 Å². The van der Waals surface area contributed by atoms with Crippen molar-refractivity contribution >= 4 is 45.5 Å². The van der Waals surface area contributed by atoms with Gasteiger partial charge in [0.05, 0.1) is 19.8 Å². The largest absolute Gasteiger partial charge is 0.507 e. The number of carbonyl (C=O) groups is 2. The first-order chi connectivity index (χ1) is 15.0. The molecule has 1 aliphatic rings. The summed E-state index contributed by atoms with van der Waals surface area (Å²) >= 11 is 7.16. The average Bonchev–Trinajstić information content (AvgIpc) is 3.40. The Morgan fingerprint density at radius 1 is 1.13 bits per heavy atom. The van der Waals surface area contributed by atoms with E-state index >= 15 is 0 Å². The fourth-order valence-corrected chi connectivity index (χ4v) is 4.26. The number of hydrogen-bond acceptors (Lipinski definition) is 7. The molecule has 7 nitrogen and oxygen atoms in total. The van der Waals surface area contributed by atoms with E-state index in [9.17, 15) is 14.7 Å². The molecule has 2 aromatic carbocycles. The van der Waals surface area contributed by atoms with Crippen molar-refractivity contribution in [1.29, 1.82) is 0 Å². The normalized spacial score (nSPS) is 17.8. The highest BCUT2D eigenvalue weighted by atomic mass is 35.5. The van der Waals surface area contributed by atoms with Crippen LogP contribution in [0.25, 0.3) is 5.76 Å². The molecule has 31 heavy (non-hydrogen) atoms. The van der Waals surface area contributed by atoms with Gasteiger partial charge in [0.1, 0.15) is 23.3 Å². The molecule has 158 valence electrons. The molecule has 0 aliphatic carbocycles. The molecular formula is C22H17ClN2O5S. The molecule has 1 amide bonds. The number of carbonyl (C=O) groups excluding carboxylic acids is 2. The summed E-state index contributed by atoms with van der Waals surface area (Å²) in [5.41, 5.74) is 0.804. The van der Waals surface area contributed by atoms with Crippen LogP contribution in [0.3, 0.4) is 0 Å². The van der Waals surface area contributed by atoms with Crippen LogP contribution >= 0.6 is 22.9 Å². The number of halogens is 1. The van der Waals surface area contributed by atoms with E-state index < -0.39 is 17.7 Å². The van der Waals surface area contributed by atoms with E-state index in [2.05, 4.69) is 4.98 Å². The molecule has 4 rings (SSSR count). The number of ether oxygens (including phenoxy) is 2. The van der Waals surface area contributed by atoms with Crippen molar-refractivity contribution in [2.45, 2.75) is 6.04 Å². The lowest BCUT2D eigenvalue weighted by Crippen LogP contribution is -2.29. The Morgan fingerprint density at radius 2 is 1.87 bits per heavy atom. The third kappa shape index (κ3) is 3.64. The van der Waals surface area contributed by atoms with Crippen LogP contribution in [0.1, 0.15) is 17.2 Å². The lowest BCUT2D eigenvalue weighted by atomic mass is 9.94. The number of amides is 1. The van der Waals surface area contributed by atoms with Crippen molar-refractivity contribution in [1.82, 2.24) is 4.98 Å². The number of nitrogens with zero attached hydrogens (tertiary/aromatic N) is 2. The van der Waals surface area contributed by atoms with Crippen molar-refractivity contribution in [2.24, 2.45) is 0 Å². The van der Waals surface area contributed by atoms with Crippen LogP contribution in [0.5, 0.6) is 11.5 Å². The molecule has 1 aromatic heterocycles. The van der Waals surface area contributed by atoms with Crippen molar-refractivity contribution in [3.63, 3.8) is 0 Å². The van der Waals surface area contributed by atoms with Gasteiger partial charge in [-0.3, -0.25) is 14.5 Å². The predicted octanol–water partition coefficient (Wildman–Crippen LogP) is 4.44. The molecule has 1 saturated heterocycles. The lowest BCUT2D eigenvalue weighted by Gasteiger charge is -2.24. The molecule has 3 aromatic rings. The van der Waals surface area contributed by atoms with E-state index in [0.717, 1.165) is 0 Å². The fraction of sp³-hybridized carbons (Fsp3) is 0.136. The van der Waals surface area contributed by atoms with E-state index in [4.69, 9.17) is 21.1 Å². The molecule has 1 atom stereocenters. The van der Waals surface area contributed by atoms with Crippen LogP contribution in [0, 0.1) is 0 Å². The number of aromatic nitrogens is 1. The number of thiazole rings is 1. The fourth-order valence-electron chi connectivity index (χ4n) is 3.47. The average molecular weight is 457 g/mol. The first-order valence-electron chi connectivity index (χ1n) is 9.14. The molecular weight excluding hydrogens is 440 g/mol. The topological polar surface area (TPSA) is 89.0 Å². The van der Waals surface area contributed by atoms with Crippen molar-refractivity contribution in [3.8, 4) is 11.5 Å². The highest BCUT2D eigenvalue weighted by Gasteiger charge is 2.49. The van der Waals surface area contributed by atoms with Crippen LogP contribution < -0.4 is 14.4 Å². The number of benzene rings is 2. The summed E-state index contributed by atoms with van der Waals surface area (Å²) in [6.07, 6.45) is 1.54. The van der Waals surface area contributed by atoms with Crippen LogP contribution in [0.15, 0.2) is 59.6 Å². The highest BCUT2D eigenvalue weighted by molar-refractivity contribution is 7.14. The van der Waals surface area contributed by atoms with Gasteiger partial charge in [-0.05, 0) is 36.4 Å². The number of ketones is 1. The van der Waals surface area contributed by atoms with E-state index in [0.29, 0.717) is 32.8 Å². The predicted molar refractivity (Wildman–Crippen MR) is 118 cm³/mol. The number of rotatable bonds is 5. The number of aliphatic hydroxyl groups excluding tert-OH is 1. The number of anilines is 1. The van der Waals surface area contributed by atoms with Crippen LogP contribution in [0.2, 0.25) is 5.02 Å². The van der Waals surface area contributed by atoms with Crippen molar-refractivity contribution < 1.29 is 24.2 Å². The zero-order chi connectivity index (χ0) is 22.1. The van der Waals surface area contributed by atoms with Crippen LogP contribution in [0.4, 0.5) is 5.13 Å². The maximum atomic E-state index is 13.1. The molecule has 9 heteroatoms. The van der Waals surface area contributed by atoms with E-state index in [1.165, 1.54) is 30.5 Å². The Morgan fingerprint density at radius 3 is 2.48 bits per heavy atom. The van der Waals surface area contributed by atoms with Gasteiger partial charge >= 0.3 is 5.91 Å². The SMILES string of the molecule is COc1ccc([C@@H]2/C(=C(\O)c3ccc(Cl)cc3)C(=O)C(=O)N2c2nccs2)c(OC)c1. The molecule has 0 spiro atoms. The minimum atomic E-state index is -0.942. The summed E-state index contributed by atoms with van der Waals surface area (Å²) in [5.74, 6) is -0.963. The Kier molecular flexibility index (Phi) is 5.67. The van der Waals surface area contributed by atoms with Gasteiger partial charge in [-0.2, -0.15) is 0 Å². The maximum Gasteiger partial charge on any atom is 0.301 e. The summed E-state index contributed by atoms with van der Waals surface area (Å²) in [4.78, 5) is 31.6. The smallest absolute Gasteiger partial charge is 0.301 e. The third-order valence-corrected chi connectivity index (χ3v) is 5.95. The second-order valence-electron chi connectivity index (χ2n) is 6.60. The molecule has 1 aliphatic heterocycles. The second kappa shape index (κ2) is 8.41. The standard InChI is InChI=1S/C22H17ClN2O5S/c1-29-14-7-8-15(16(11-14)30-2)18-17(19(26)12-3-5-13(23)6-4-12)20(27)21(28)25(18)22-24-9-10-31-22/h3-11,18,26H,1-2H3/b19-17+/t18-/m1/s1. The molecule has 1 fully saturated rings. The van der Waals surface area contributed by atoms with Gasteiger partial charge < -0.3 is 14.6 Å². The molecule has 0 bridgehead atoms.